The molecule has 1 atom stereocenters. The van der Waals surface area contributed by atoms with Gasteiger partial charge in [0.15, 0.2) is 0 Å². The lowest BCUT2D eigenvalue weighted by Gasteiger charge is -2.28. The number of nitrogens with one attached hydrogen (secondary N) is 2. The molecular weight excluding hydrogens is 298 g/mol. The lowest BCUT2D eigenvalue weighted by Crippen LogP contribution is -2.24. The molecule has 3 rings (SSSR count). The van der Waals surface area contributed by atoms with Crippen molar-refractivity contribution in [2.24, 2.45) is 0 Å². The van der Waals surface area contributed by atoms with Gasteiger partial charge in [0.1, 0.15) is 5.82 Å². The van der Waals surface area contributed by atoms with Gasteiger partial charge in [0, 0.05) is 17.2 Å². The van der Waals surface area contributed by atoms with E-state index in [9.17, 15) is 4.79 Å². The maximum Gasteiger partial charge on any atom is 0.336 e. The van der Waals surface area contributed by atoms with Gasteiger partial charge in [-0.25, -0.2) is 4.79 Å². The maximum absolute atomic E-state index is 12.6. The number of rotatable bonds is 5. The molecule has 0 bridgehead atoms. The van der Waals surface area contributed by atoms with Crippen LogP contribution < -0.4 is 5.32 Å². The molecule has 6 heteroatoms. The normalized spacial score (nSPS) is 17.1. The highest BCUT2D eigenvalue weighted by Gasteiger charge is 2.35. The van der Waals surface area contributed by atoms with Crippen LogP contribution in [-0.4, -0.2) is 22.8 Å². The Hall–Kier alpha value is -2.08. The predicted molar refractivity (Wildman–Crippen MR) is 86.9 cm³/mol. The molecule has 1 aliphatic heterocycles. The summed E-state index contributed by atoms with van der Waals surface area (Å²) in [6.45, 7) is 4.30. The highest BCUT2D eigenvalue weighted by molar-refractivity contribution is 7.08. The lowest BCUT2D eigenvalue weighted by atomic mass is 9.83. The number of aromatic nitrogens is 2. The number of hydrogen-bond donors (Lipinski definition) is 2. The number of carbonyl (C=O) groups excluding carboxylic acids is 1. The molecule has 0 aromatic carbocycles. The first kappa shape index (κ1) is 14.8. The number of carbonyl (C=O) groups is 1. The Balaban J connectivity index is 2.13. The third-order valence-corrected chi connectivity index (χ3v) is 4.44. The fraction of sp³-hybridized carbons (Fsp3) is 0.375. The van der Waals surface area contributed by atoms with Crippen LogP contribution in [0, 0.1) is 0 Å². The molecule has 0 aliphatic carbocycles. The van der Waals surface area contributed by atoms with Crippen molar-refractivity contribution in [3.63, 3.8) is 0 Å². The Labute approximate surface area is 133 Å². The first-order chi connectivity index (χ1) is 10.8. The molecule has 1 aliphatic rings. The summed E-state index contributed by atoms with van der Waals surface area (Å²) in [6, 6.07) is 2.06. The van der Waals surface area contributed by atoms with Gasteiger partial charge in [-0.05, 0) is 35.7 Å². The number of ether oxygens (including phenoxy) is 1. The van der Waals surface area contributed by atoms with E-state index >= 15 is 0 Å². The predicted octanol–water partition coefficient (Wildman–Crippen LogP) is 3.65. The molecule has 5 nitrogen and oxygen atoms in total. The van der Waals surface area contributed by atoms with Gasteiger partial charge in [0.2, 0.25) is 0 Å². The SMILES string of the molecule is CCCC1=C(C(=O)OCC)C(c2ccsc2)c2cn[nH]c2N1. The quantitative estimate of drug-likeness (QED) is 0.826. The van der Waals surface area contributed by atoms with Crippen molar-refractivity contribution in [2.45, 2.75) is 32.6 Å². The summed E-state index contributed by atoms with van der Waals surface area (Å²) in [7, 11) is 0. The Morgan fingerprint density at radius 1 is 1.45 bits per heavy atom. The van der Waals surface area contributed by atoms with Crippen molar-refractivity contribution in [1.29, 1.82) is 0 Å². The zero-order chi connectivity index (χ0) is 15.5. The number of aromatic amines is 1. The average Bonchev–Trinajstić information content (AvgIpc) is 3.17. The molecule has 0 radical (unpaired) electrons. The molecule has 3 heterocycles. The van der Waals surface area contributed by atoms with Crippen LogP contribution in [0.3, 0.4) is 0 Å². The maximum atomic E-state index is 12.6. The second-order valence-electron chi connectivity index (χ2n) is 5.18. The number of H-pyrrole nitrogens is 1. The van der Waals surface area contributed by atoms with Crippen LogP contribution in [0.4, 0.5) is 5.82 Å². The number of anilines is 1. The van der Waals surface area contributed by atoms with E-state index in [2.05, 4.69) is 33.9 Å². The largest absolute Gasteiger partial charge is 0.463 e. The van der Waals surface area contributed by atoms with Crippen LogP contribution in [0.1, 0.15) is 43.7 Å². The molecule has 2 N–H and O–H groups in total. The second-order valence-corrected chi connectivity index (χ2v) is 5.96. The topological polar surface area (TPSA) is 67.0 Å². The van der Waals surface area contributed by atoms with Crippen LogP contribution in [0.2, 0.25) is 0 Å². The van der Waals surface area contributed by atoms with Crippen molar-refractivity contribution in [3.8, 4) is 0 Å². The standard InChI is InChI=1S/C16H19N3O2S/c1-3-5-12-14(16(20)21-4-2)13(10-6-7-22-9-10)11-8-17-19-15(11)18-12/h6-9,13H,3-5H2,1-2H3,(H2,17,18,19). The van der Waals surface area contributed by atoms with Crippen LogP contribution in [0.25, 0.3) is 0 Å². The molecule has 116 valence electrons. The Morgan fingerprint density at radius 3 is 3.00 bits per heavy atom. The van der Waals surface area contributed by atoms with Gasteiger partial charge < -0.3 is 10.1 Å². The second kappa shape index (κ2) is 6.36. The smallest absolute Gasteiger partial charge is 0.336 e. The van der Waals surface area contributed by atoms with E-state index in [0.29, 0.717) is 12.2 Å². The van der Waals surface area contributed by atoms with E-state index < -0.39 is 0 Å². The summed E-state index contributed by atoms with van der Waals surface area (Å²) in [5.41, 5.74) is 3.72. The molecule has 0 saturated carbocycles. The minimum atomic E-state index is -0.249. The zero-order valence-electron chi connectivity index (χ0n) is 12.7. The minimum Gasteiger partial charge on any atom is -0.463 e. The average molecular weight is 317 g/mol. The van der Waals surface area contributed by atoms with Gasteiger partial charge in [-0.3, -0.25) is 5.10 Å². The van der Waals surface area contributed by atoms with Gasteiger partial charge in [0.25, 0.3) is 0 Å². The van der Waals surface area contributed by atoms with Crippen LogP contribution in [-0.2, 0) is 9.53 Å². The number of nitrogens with zero attached hydrogens (tertiary/aromatic N) is 1. The summed E-state index contributed by atoms with van der Waals surface area (Å²) in [6.07, 6.45) is 3.53. The fourth-order valence-corrected chi connectivity index (χ4v) is 3.53. The van der Waals surface area contributed by atoms with Gasteiger partial charge >= 0.3 is 5.97 Å². The molecule has 0 amide bonds. The van der Waals surface area contributed by atoms with Gasteiger partial charge in [-0.1, -0.05) is 13.3 Å². The summed E-state index contributed by atoms with van der Waals surface area (Å²) >= 11 is 1.63. The van der Waals surface area contributed by atoms with E-state index in [-0.39, 0.29) is 11.9 Å². The molecule has 2 aromatic rings. The molecule has 0 fully saturated rings. The minimum absolute atomic E-state index is 0.123. The summed E-state index contributed by atoms with van der Waals surface area (Å²) in [5, 5.41) is 14.6. The number of thiophene rings is 1. The third-order valence-electron chi connectivity index (χ3n) is 3.74. The van der Waals surface area contributed by atoms with E-state index in [1.54, 1.807) is 17.5 Å². The molecule has 0 saturated heterocycles. The first-order valence-corrected chi connectivity index (χ1v) is 8.43. The number of fused-ring (bicyclic) bond motifs is 1. The molecule has 22 heavy (non-hydrogen) atoms. The van der Waals surface area contributed by atoms with Crippen molar-refractivity contribution < 1.29 is 9.53 Å². The molecule has 0 spiro atoms. The van der Waals surface area contributed by atoms with Crippen LogP contribution in [0.15, 0.2) is 34.3 Å². The van der Waals surface area contributed by atoms with Crippen LogP contribution >= 0.6 is 11.3 Å². The fourth-order valence-electron chi connectivity index (χ4n) is 2.84. The Kier molecular flexibility index (Phi) is 4.29. The highest BCUT2D eigenvalue weighted by Crippen LogP contribution is 2.42. The van der Waals surface area contributed by atoms with E-state index in [0.717, 1.165) is 35.5 Å². The van der Waals surface area contributed by atoms with Gasteiger partial charge in [-0.2, -0.15) is 16.4 Å². The third kappa shape index (κ3) is 2.54. The Morgan fingerprint density at radius 2 is 2.32 bits per heavy atom. The van der Waals surface area contributed by atoms with Gasteiger partial charge in [-0.15, -0.1) is 0 Å². The van der Waals surface area contributed by atoms with E-state index in [4.69, 9.17) is 4.74 Å². The van der Waals surface area contributed by atoms with E-state index in [1.807, 2.05) is 12.3 Å². The lowest BCUT2D eigenvalue weighted by molar-refractivity contribution is -0.138. The summed E-state index contributed by atoms with van der Waals surface area (Å²) < 4.78 is 5.31. The van der Waals surface area contributed by atoms with E-state index in [1.165, 1.54) is 0 Å². The zero-order valence-corrected chi connectivity index (χ0v) is 13.5. The first-order valence-electron chi connectivity index (χ1n) is 7.48. The van der Waals surface area contributed by atoms with Crippen molar-refractivity contribution >= 4 is 23.1 Å². The summed E-state index contributed by atoms with van der Waals surface area (Å²) in [4.78, 5) is 12.6. The van der Waals surface area contributed by atoms with Crippen molar-refractivity contribution in [2.75, 3.05) is 11.9 Å². The number of allylic oxidation sites excluding steroid dienone is 1. The van der Waals surface area contributed by atoms with Gasteiger partial charge in [0.05, 0.1) is 18.4 Å². The Bertz CT molecular complexity index is 688. The monoisotopic (exact) mass is 317 g/mol. The number of esters is 1. The summed E-state index contributed by atoms with van der Waals surface area (Å²) in [5.74, 6) is 0.496. The molecule has 2 aromatic heterocycles. The number of hydrogen-bond acceptors (Lipinski definition) is 5. The van der Waals surface area contributed by atoms with Crippen molar-refractivity contribution in [1.82, 2.24) is 10.2 Å². The molecular formula is C16H19N3O2S. The van der Waals surface area contributed by atoms with Crippen LogP contribution in [0.5, 0.6) is 0 Å². The highest BCUT2D eigenvalue weighted by atomic mass is 32.1. The molecule has 1 unspecified atom stereocenters. The van der Waals surface area contributed by atoms with Crippen molar-refractivity contribution in [3.05, 3.63) is 45.4 Å².